The molecule has 0 spiro atoms. The maximum absolute atomic E-state index is 11.2. The molecule has 0 saturated heterocycles. The van der Waals surface area contributed by atoms with Gasteiger partial charge in [0, 0.05) is 19.3 Å². The van der Waals surface area contributed by atoms with Crippen molar-refractivity contribution in [2.45, 2.75) is 33.1 Å². The smallest absolute Gasteiger partial charge is 0.407 e. The van der Waals surface area contributed by atoms with Gasteiger partial charge in [0.25, 0.3) is 0 Å². The second kappa shape index (κ2) is 13.4. The average molecular weight is 301 g/mol. The van der Waals surface area contributed by atoms with Gasteiger partial charge in [0.1, 0.15) is 6.61 Å². The summed E-state index contributed by atoms with van der Waals surface area (Å²) >= 11 is 0. The lowest BCUT2D eigenvalue weighted by atomic mass is 10.1. The fraction of sp³-hybridized carbons (Fsp3) is 0.733. The second-order valence-electron chi connectivity index (χ2n) is 4.73. The normalized spacial score (nSPS) is 11.5. The summed E-state index contributed by atoms with van der Waals surface area (Å²) in [6, 6.07) is 0. The van der Waals surface area contributed by atoms with Crippen molar-refractivity contribution in [2.24, 2.45) is 5.92 Å². The number of ether oxygens (including phenoxy) is 3. The molecule has 0 aromatic rings. The number of rotatable bonds is 12. The molecule has 122 valence electrons. The van der Waals surface area contributed by atoms with Gasteiger partial charge in [-0.25, -0.2) is 9.59 Å². The van der Waals surface area contributed by atoms with Crippen molar-refractivity contribution in [1.82, 2.24) is 5.32 Å². The van der Waals surface area contributed by atoms with Crippen LogP contribution in [0.4, 0.5) is 4.79 Å². The summed E-state index contributed by atoms with van der Waals surface area (Å²) in [5.41, 5.74) is 0. The Morgan fingerprint density at radius 3 is 2.57 bits per heavy atom. The Hall–Kier alpha value is -1.56. The van der Waals surface area contributed by atoms with Crippen molar-refractivity contribution in [2.75, 3.05) is 33.0 Å². The van der Waals surface area contributed by atoms with E-state index in [1.54, 1.807) is 0 Å². The van der Waals surface area contributed by atoms with Gasteiger partial charge in [0.05, 0.1) is 13.2 Å². The third-order valence-electron chi connectivity index (χ3n) is 2.80. The van der Waals surface area contributed by atoms with Gasteiger partial charge in [-0.05, 0) is 18.8 Å². The number of alkyl carbamates (subject to hydrolysis) is 1. The summed E-state index contributed by atoms with van der Waals surface area (Å²) in [6.45, 7) is 9.69. The van der Waals surface area contributed by atoms with Gasteiger partial charge in [-0.2, -0.15) is 0 Å². The van der Waals surface area contributed by atoms with E-state index in [1.807, 2.05) is 0 Å². The number of unbranched alkanes of at least 4 members (excludes halogenated alkanes) is 1. The largest absolute Gasteiger partial charge is 0.461 e. The summed E-state index contributed by atoms with van der Waals surface area (Å²) in [4.78, 5) is 22.0. The molecule has 1 amide bonds. The van der Waals surface area contributed by atoms with Crippen LogP contribution in [0, 0.1) is 5.92 Å². The molecule has 0 aliphatic carbocycles. The number of amides is 1. The Morgan fingerprint density at radius 2 is 1.90 bits per heavy atom. The molecular weight excluding hydrogens is 274 g/mol. The van der Waals surface area contributed by atoms with Gasteiger partial charge in [-0.15, -0.1) is 0 Å². The van der Waals surface area contributed by atoms with E-state index in [1.165, 1.54) is 0 Å². The molecule has 1 atom stereocenters. The van der Waals surface area contributed by atoms with Crippen LogP contribution < -0.4 is 5.32 Å². The highest BCUT2D eigenvalue weighted by atomic mass is 16.6. The minimum absolute atomic E-state index is 0.101. The van der Waals surface area contributed by atoms with Crippen molar-refractivity contribution in [3.05, 3.63) is 12.7 Å². The lowest BCUT2D eigenvalue weighted by Gasteiger charge is -2.09. The maximum atomic E-state index is 11.2. The molecular formula is C15H27NO5. The fourth-order valence-corrected chi connectivity index (χ4v) is 1.29. The Morgan fingerprint density at radius 1 is 1.19 bits per heavy atom. The predicted octanol–water partition coefficient (Wildman–Crippen LogP) is 2.28. The van der Waals surface area contributed by atoms with Crippen LogP contribution in [-0.4, -0.2) is 45.0 Å². The number of carbonyl (C=O) groups is 2. The zero-order chi connectivity index (χ0) is 15.9. The van der Waals surface area contributed by atoms with Gasteiger partial charge in [-0.1, -0.05) is 26.8 Å². The number of nitrogens with one attached hydrogen (secondary N) is 1. The summed E-state index contributed by atoms with van der Waals surface area (Å²) in [6.07, 6.45) is 3.30. The number of hydrogen-bond donors (Lipinski definition) is 1. The topological polar surface area (TPSA) is 73.9 Å². The van der Waals surface area contributed by atoms with Crippen LogP contribution in [0.1, 0.15) is 33.1 Å². The molecule has 21 heavy (non-hydrogen) atoms. The Kier molecular flexibility index (Phi) is 12.4. The molecule has 1 unspecified atom stereocenters. The summed E-state index contributed by atoms with van der Waals surface area (Å²) in [7, 11) is 0. The van der Waals surface area contributed by atoms with Gasteiger partial charge in [0.15, 0.2) is 0 Å². The van der Waals surface area contributed by atoms with Crippen LogP contribution in [0.3, 0.4) is 0 Å². The first-order valence-electron chi connectivity index (χ1n) is 7.37. The van der Waals surface area contributed by atoms with Crippen LogP contribution >= 0.6 is 0 Å². The van der Waals surface area contributed by atoms with E-state index >= 15 is 0 Å². The van der Waals surface area contributed by atoms with Crippen LogP contribution in [0.15, 0.2) is 12.7 Å². The molecule has 0 fully saturated rings. The minimum Gasteiger partial charge on any atom is -0.461 e. The Balaban J connectivity index is 3.30. The monoisotopic (exact) mass is 301 g/mol. The molecule has 0 aromatic carbocycles. The molecule has 0 saturated carbocycles. The molecule has 0 rings (SSSR count). The first-order chi connectivity index (χ1) is 10.1. The molecule has 0 aliphatic heterocycles. The van der Waals surface area contributed by atoms with E-state index in [0.717, 1.165) is 31.9 Å². The quantitative estimate of drug-likeness (QED) is 0.340. The zero-order valence-electron chi connectivity index (χ0n) is 13.1. The van der Waals surface area contributed by atoms with Gasteiger partial charge < -0.3 is 19.5 Å². The maximum Gasteiger partial charge on any atom is 0.407 e. The van der Waals surface area contributed by atoms with E-state index in [0.29, 0.717) is 19.1 Å². The van der Waals surface area contributed by atoms with Crippen molar-refractivity contribution < 1.29 is 23.8 Å². The van der Waals surface area contributed by atoms with E-state index in [2.05, 4.69) is 25.7 Å². The molecule has 0 aromatic heterocycles. The molecule has 6 nitrogen and oxygen atoms in total. The predicted molar refractivity (Wildman–Crippen MR) is 80.0 cm³/mol. The lowest BCUT2D eigenvalue weighted by molar-refractivity contribution is -0.137. The van der Waals surface area contributed by atoms with Crippen molar-refractivity contribution in [1.29, 1.82) is 0 Å². The third kappa shape index (κ3) is 13.2. The summed E-state index contributed by atoms with van der Waals surface area (Å²) < 4.78 is 15.1. The first kappa shape index (κ1) is 19.4. The van der Waals surface area contributed by atoms with Crippen molar-refractivity contribution >= 4 is 12.1 Å². The zero-order valence-corrected chi connectivity index (χ0v) is 13.1. The SMILES string of the molecule is C=CC(=O)OCCNC(=O)OCCCCOCC(C)CC. The number of esters is 1. The van der Waals surface area contributed by atoms with Gasteiger partial charge >= 0.3 is 12.1 Å². The highest BCUT2D eigenvalue weighted by Crippen LogP contribution is 2.01. The van der Waals surface area contributed by atoms with Crippen molar-refractivity contribution in [3.8, 4) is 0 Å². The summed E-state index contributed by atoms with van der Waals surface area (Å²) in [5, 5.41) is 2.48. The number of carbonyl (C=O) groups excluding carboxylic acids is 2. The van der Waals surface area contributed by atoms with Gasteiger partial charge in [-0.3, -0.25) is 0 Å². The summed E-state index contributed by atoms with van der Waals surface area (Å²) in [5.74, 6) is 0.0739. The van der Waals surface area contributed by atoms with E-state index in [-0.39, 0.29) is 13.2 Å². The highest BCUT2D eigenvalue weighted by Gasteiger charge is 2.02. The van der Waals surface area contributed by atoms with Crippen LogP contribution in [-0.2, 0) is 19.0 Å². The average Bonchev–Trinajstić information content (AvgIpc) is 2.49. The van der Waals surface area contributed by atoms with Crippen LogP contribution in [0.25, 0.3) is 0 Å². The van der Waals surface area contributed by atoms with Crippen molar-refractivity contribution in [3.63, 3.8) is 0 Å². The standard InChI is InChI=1S/C15H27NO5/c1-4-13(3)12-19-9-6-7-10-21-15(18)16-8-11-20-14(17)5-2/h5,13H,2,4,6-12H2,1,3H3,(H,16,18). The molecule has 0 bridgehead atoms. The fourth-order valence-electron chi connectivity index (χ4n) is 1.29. The second-order valence-corrected chi connectivity index (χ2v) is 4.73. The number of hydrogen-bond acceptors (Lipinski definition) is 5. The van der Waals surface area contributed by atoms with E-state index < -0.39 is 12.1 Å². The van der Waals surface area contributed by atoms with E-state index in [4.69, 9.17) is 14.2 Å². The molecule has 0 aliphatic rings. The molecule has 0 radical (unpaired) electrons. The lowest BCUT2D eigenvalue weighted by Crippen LogP contribution is -2.28. The Labute approximate surface area is 126 Å². The molecule has 0 heterocycles. The third-order valence-corrected chi connectivity index (χ3v) is 2.80. The Bertz CT molecular complexity index is 306. The van der Waals surface area contributed by atoms with E-state index in [9.17, 15) is 9.59 Å². The van der Waals surface area contributed by atoms with Gasteiger partial charge in [0.2, 0.25) is 0 Å². The highest BCUT2D eigenvalue weighted by molar-refractivity contribution is 5.81. The van der Waals surface area contributed by atoms with Crippen LogP contribution in [0.2, 0.25) is 0 Å². The van der Waals surface area contributed by atoms with Crippen LogP contribution in [0.5, 0.6) is 0 Å². The molecule has 6 heteroatoms. The first-order valence-corrected chi connectivity index (χ1v) is 7.37. The molecule has 1 N–H and O–H groups in total. The minimum atomic E-state index is -0.512.